The molecule has 1 N–H and O–H groups in total. The maximum Gasteiger partial charge on any atom is 0.411 e. The maximum absolute atomic E-state index is 13.7. The van der Waals surface area contributed by atoms with E-state index in [1.54, 1.807) is 6.92 Å². The third-order valence-corrected chi connectivity index (χ3v) is 2.65. The molecule has 114 valence electrons. The van der Waals surface area contributed by atoms with Gasteiger partial charge in [0.05, 0.1) is 12.6 Å². The van der Waals surface area contributed by atoms with Crippen LogP contribution in [0.3, 0.4) is 0 Å². The van der Waals surface area contributed by atoms with Crippen molar-refractivity contribution in [2.24, 2.45) is 0 Å². The second kappa shape index (κ2) is 6.99. The van der Waals surface area contributed by atoms with E-state index in [-0.39, 0.29) is 17.7 Å². The summed E-state index contributed by atoms with van der Waals surface area (Å²) in [6.07, 6.45) is -4.44. The van der Waals surface area contributed by atoms with Gasteiger partial charge in [-0.05, 0) is 25.1 Å². The van der Waals surface area contributed by atoms with E-state index in [1.807, 2.05) is 0 Å². The topological polar surface area (TPSA) is 21.3 Å². The average Bonchev–Trinajstić information content (AvgIpc) is 2.31. The van der Waals surface area contributed by atoms with Gasteiger partial charge in [-0.25, -0.2) is 8.78 Å². The van der Waals surface area contributed by atoms with Crippen LogP contribution in [0.4, 0.5) is 22.0 Å². The molecule has 0 amide bonds. The summed E-state index contributed by atoms with van der Waals surface area (Å²) in [4.78, 5) is 0. The molecule has 0 aliphatic carbocycles. The predicted molar refractivity (Wildman–Crippen MR) is 64.4 cm³/mol. The number of aryl methyl sites for hydroxylation is 1. The third kappa shape index (κ3) is 5.05. The van der Waals surface area contributed by atoms with Crippen molar-refractivity contribution in [2.75, 3.05) is 19.8 Å². The van der Waals surface area contributed by atoms with E-state index in [4.69, 9.17) is 0 Å². The lowest BCUT2D eigenvalue weighted by Crippen LogP contribution is -2.28. The fourth-order valence-corrected chi connectivity index (χ4v) is 1.74. The number of rotatable bonds is 6. The van der Waals surface area contributed by atoms with Crippen molar-refractivity contribution in [3.63, 3.8) is 0 Å². The van der Waals surface area contributed by atoms with E-state index < -0.39 is 30.5 Å². The molecule has 1 atom stereocenters. The molecule has 0 spiro atoms. The molecule has 1 rings (SSSR count). The Morgan fingerprint density at radius 1 is 1.20 bits per heavy atom. The van der Waals surface area contributed by atoms with Crippen LogP contribution in [-0.2, 0) is 4.74 Å². The summed E-state index contributed by atoms with van der Waals surface area (Å²) < 4.78 is 67.5. The fourth-order valence-electron chi connectivity index (χ4n) is 1.74. The summed E-state index contributed by atoms with van der Waals surface area (Å²) in [6, 6.07) is 1.23. The van der Waals surface area contributed by atoms with E-state index in [1.165, 1.54) is 13.0 Å². The van der Waals surface area contributed by atoms with Crippen molar-refractivity contribution in [2.45, 2.75) is 26.1 Å². The average molecular weight is 297 g/mol. The maximum atomic E-state index is 13.7. The highest BCUT2D eigenvalue weighted by Gasteiger charge is 2.28. The van der Waals surface area contributed by atoms with E-state index >= 15 is 0 Å². The summed E-state index contributed by atoms with van der Waals surface area (Å²) in [5, 5.41) is 2.82. The highest BCUT2D eigenvalue weighted by molar-refractivity contribution is 5.28. The van der Waals surface area contributed by atoms with Gasteiger partial charge in [-0.15, -0.1) is 0 Å². The van der Waals surface area contributed by atoms with Crippen LogP contribution in [0, 0.1) is 18.6 Å². The zero-order chi connectivity index (χ0) is 15.3. The van der Waals surface area contributed by atoms with Gasteiger partial charge in [0, 0.05) is 11.6 Å². The first kappa shape index (κ1) is 16.8. The summed E-state index contributed by atoms with van der Waals surface area (Å²) in [5.41, 5.74) is 0.313. The van der Waals surface area contributed by atoms with Crippen LogP contribution in [0.1, 0.15) is 24.1 Å². The third-order valence-electron chi connectivity index (χ3n) is 2.65. The molecule has 0 aliphatic heterocycles. The van der Waals surface area contributed by atoms with Crippen molar-refractivity contribution in [3.8, 4) is 0 Å². The first-order chi connectivity index (χ1) is 9.24. The van der Waals surface area contributed by atoms with Crippen LogP contribution < -0.4 is 5.32 Å². The highest BCUT2D eigenvalue weighted by atomic mass is 19.4. The predicted octanol–water partition coefficient (Wildman–Crippen LogP) is 3.50. The van der Waals surface area contributed by atoms with Crippen LogP contribution in [0.5, 0.6) is 0 Å². The van der Waals surface area contributed by atoms with Crippen LogP contribution in [0.15, 0.2) is 12.1 Å². The number of benzene rings is 1. The first-order valence-corrected chi connectivity index (χ1v) is 6.08. The molecule has 0 heterocycles. The fraction of sp³-hybridized carbons (Fsp3) is 0.538. The molecule has 0 bridgehead atoms. The van der Waals surface area contributed by atoms with Gasteiger partial charge in [-0.1, -0.05) is 6.92 Å². The zero-order valence-corrected chi connectivity index (χ0v) is 11.2. The molecule has 1 aromatic carbocycles. The Bertz CT molecular complexity index is 447. The molecular formula is C13H16F5NO. The quantitative estimate of drug-likeness (QED) is 0.811. The number of nitrogens with one attached hydrogen (secondary N) is 1. The molecule has 20 heavy (non-hydrogen) atoms. The largest absolute Gasteiger partial charge is 0.411 e. The molecule has 0 fully saturated rings. The van der Waals surface area contributed by atoms with Crippen LogP contribution in [-0.4, -0.2) is 25.9 Å². The van der Waals surface area contributed by atoms with Crippen LogP contribution in [0.2, 0.25) is 0 Å². The van der Waals surface area contributed by atoms with Gasteiger partial charge in [-0.3, -0.25) is 0 Å². The molecular weight excluding hydrogens is 281 g/mol. The summed E-state index contributed by atoms with van der Waals surface area (Å²) in [6.45, 7) is 1.84. The normalized spacial score (nSPS) is 13.6. The summed E-state index contributed by atoms with van der Waals surface area (Å²) >= 11 is 0. The van der Waals surface area contributed by atoms with Crippen molar-refractivity contribution in [1.82, 2.24) is 5.32 Å². The Morgan fingerprint density at radius 3 is 2.40 bits per heavy atom. The molecule has 1 unspecified atom stereocenters. The van der Waals surface area contributed by atoms with Crippen molar-refractivity contribution in [3.05, 3.63) is 34.9 Å². The minimum absolute atomic E-state index is 0.0907. The summed E-state index contributed by atoms with van der Waals surface area (Å²) in [5.74, 6) is -1.51. The monoisotopic (exact) mass is 297 g/mol. The van der Waals surface area contributed by atoms with Gasteiger partial charge in [0.25, 0.3) is 0 Å². The molecule has 1 aromatic rings. The van der Waals surface area contributed by atoms with Gasteiger partial charge >= 0.3 is 6.18 Å². The van der Waals surface area contributed by atoms with E-state index in [0.717, 1.165) is 6.07 Å². The van der Waals surface area contributed by atoms with Crippen LogP contribution in [0.25, 0.3) is 0 Å². The Morgan fingerprint density at radius 2 is 1.85 bits per heavy atom. The number of ether oxygens (including phenoxy) is 1. The minimum atomic E-state index is -4.44. The Hall–Kier alpha value is -1.21. The van der Waals surface area contributed by atoms with E-state index in [9.17, 15) is 22.0 Å². The number of likely N-dealkylation sites (N-methyl/N-ethyl adjacent to an activating group) is 1. The highest BCUT2D eigenvalue weighted by Crippen LogP contribution is 2.22. The van der Waals surface area contributed by atoms with Gasteiger partial charge in [-0.2, -0.15) is 13.2 Å². The zero-order valence-electron chi connectivity index (χ0n) is 11.2. The molecule has 0 radical (unpaired) electrons. The molecule has 7 heteroatoms. The van der Waals surface area contributed by atoms with Crippen LogP contribution >= 0.6 is 0 Å². The smallest absolute Gasteiger partial charge is 0.370 e. The second-order valence-corrected chi connectivity index (χ2v) is 4.36. The molecule has 0 aliphatic rings. The van der Waals surface area contributed by atoms with Crippen molar-refractivity contribution < 1.29 is 26.7 Å². The number of hydrogen-bond donors (Lipinski definition) is 1. The van der Waals surface area contributed by atoms with E-state index in [2.05, 4.69) is 10.1 Å². The lowest BCUT2D eigenvalue weighted by molar-refractivity contribution is -0.175. The van der Waals surface area contributed by atoms with Gasteiger partial charge < -0.3 is 10.1 Å². The molecule has 0 aromatic heterocycles. The minimum Gasteiger partial charge on any atom is -0.370 e. The Labute approximate surface area is 113 Å². The summed E-state index contributed by atoms with van der Waals surface area (Å²) in [7, 11) is 0. The first-order valence-electron chi connectivity index (χ1n) is 6.08. The van der Waals surface area contributed by atoms with Crippen molar-refractivity contribution >= 4 is 0 Å². The Kier molecular flexibility index (Phi) is 5.88. The van der Waals surface area contributed by atoms with Gasteiger partial charge in [0.15, 0.2) is 0 Å². The van der Waals surface area contributed by atoms with Gasteiger partial charge in [0.1, 0.15) is 18.2 Å². The van der Waals surface area contributed by atoms with Crippen molar-refractivity contribution in [1.29, 1.82) is 0 Å². The van der Waals surface area contributed by atoms with Gasteiger partial charge in [0.2, 0.25) is 0 Å². The molecule has 2 nitrogen and oxygen atoms in total. The standard InChI is InChI=1S/C13H16F5NO/c1-3-19-12(6-20-7-13(16,17)18)9-4-8(2)10(14)5-11(9)15/h4-5,12,19H,3,6-7H2,1-2H3. The second-order valence-electron chi connectivity index (χ2n) is 4.36. The molecule has 0 saturated heterocycles. The Balaban J connectivity index is 2.83. The number of hydrogen-bond acceptors (Lipinski definition) is 2. The lowest BCUT2D eigenvalue weighted by Gasteiger charge is -2.20. The number of halogens is 5. The SMILES string of the molecule is CCNC(COCC(F)(F)F)c1cc(C)c(F)cc1F. The van der Waals surface area contributed by atoms with E-state index in [0.29, 0.717) is 6.54 Å². The molecule has 0 saturated carbocycles. The lowest BCUT2D eigenvalue weighted by atomic mass is 10.0. The number of alkyl halides is 3.